The van der Waals surface area contributed by atoms with Crippen molar-refractivity contribution >= 4 is 15.6 Å². The molecule has 3 nitrogen and oxygen atoms in total. The normalized spacial score (nSPS) is 19.5. The third kappa shape index (κ3) is 4.22. The zero-order chi connectivity index (χ0) is 20.7. The molecule has 28 heavy (non-hydrogen) atoms. The second-order valence-corrected chi connectivity index (χ2v) is 11.9. The molecule has 3 rings (SSSR count). The van der Waals surface area contributed by atoms with Crippen LogP contribution in [0.1, 0.15) is 73.1 Å². The van der Waals surface area contributed by atoms with Gasteiger partial charge in [0.25, 0.3) is 0 Å². The number of hydrogen-bond donors (Lipinski definition) is 0. The monoisotopic (exact) mass is 398 g/mol. The Bertz CT molecular complexity index is 980. The van der Waals surface area contributed by atoms with Gasteiger partial charge in [-0.1, -0.05) is 56.3 Å². The molecule has 0 saturated heterocycles. The van der Waals surface area contributed by atoms with Crippen molar-refractivity contribution in [2.75, 3.05) is 0 Å². The molecule has 0 spiro atoms. The van der Waals surface area contributed by atoms with E-state index >= 15 is 0 Å². The minimum atomic E-state index is -3.23. The molecule has 2 aromatic rings. The average Bonchev–Trinajstić information content (AvgIpc) is 2.88. The number of carbonyl (C=O) groups excluding carboxylic acids is 1. The summed E-state index contributed by atoms with van der Waals surface area (Å²) in [6.45, 7) is 9.66. The SMILES string of the molecule is CC1Cc2cc(CC(=O)c3ccc(CS(=O)(=O)C(C)(C)C)cc3)ccc2C1C. The van der Waals surface area contributed by atoms with E-state index in [4.69, 9.17) is 0 Å². The molecule has 2 unspecified atom stereocenters. The van der Waals surface area contributed by atoms with Gasteiger partial charge in [-0.25, -0.2) is 8.42 Å². The maximum atomic E-state index is 12.7. The van der Waals surface area contributed by atoms with Crippen LogP contribution >= 0.6 is 0 Å². The highest BCUT2D eigenvalue weighted by Crippen LogP contribution is 2.37. The van der Waals surface area contributed by atoms with Crippen molar-refractivity contribution in [1.82, 2.24) is 0 Å². The van der Waals surface area contributed by atoms with Crippen LogP contribution in [0.5, 0.6) is 0 Å². The summed E-state index contributed by atoms with van der Waals surface area (Å²) in [6, 6.07) is 13.4. The summed E-state index contributed by atoms with van der Waals surface area (Å²) in [4.78, 5) is 12.7. The van der Waals surface area contributed by atoms with Crippen molar-refractivity contribution in [1.29, 1.82) is 0 Å². The predicted molar refractivity (Wildman–Crippen MR) is 115 cm³/mol. The highest BCUT2D eigenvalue weighted by molar-refractivity contribution is 7.91. The smallest absolute Gasteiger partial charge is 0.167 e. The largest absolute Gasteiger partial charge is 0.294 e. The number of benzene rings is 2. The molecule has 0 amide bonds. The first-order valence-electron chi connectivity index (χ1n) is 9.94. The fourth-order valence-corrected chi connectivity index (χ4v) is 4.79. The molecule has 0 fully saturated rings. The summed E-state index contributed by atoms with van der Waals surface area (Å²) in [5, 5.41) is 0. The highest BCUT2D eigenvalue weighted by Gasteiger charge is 2.29. The van der Waals surface area contributed by atoms with Gasteiger partial charge in [0, 0.05) is 12.0 Å². The quantitative estimate of drug-likeness (QED) is 0.657. The molecule has 4 heteroatoms. The van der Waals surface area contributed by atoms with Crippen LogP contribution in [0.3, 0.4) is 0 Å². The lowest BCUT2D eigenvalue weighted by Crippen LogP contribution is -2.29. The van der Waals surface area contributed by atoms with Gasteiger partial charge in [-0.15, -0.1) is 0 Å². The van der Waals surface area contributed by atoms with E-state index in [1.807, 2.05) is 0 Å². The number of Topliss-reactive ketones (excluding diaryl/α,β-unsaturated/α-hetero) is 1. The van der Waals surface area contributed by atoms with Gasteiger partial charge in [-0.2, -0.15) is 0 Å². The Morgan fingerprint density at radius 3 is 2.21 bits per heavy atom. The molecular weight excluding hydrogens is 368 g/mol. The van der Waals surface area contributed by atoms with Crippen LogP contribution < -0.4 is 0 Å². The minimum absolute atomic E-state index is 0.00778. The number of ketones is 1. The third-order valence-electron chi connectivity index (χ3n) is 6.02. The number of carbonyl (C=O) groups is 1. The Morgan fingerprint density at radius 1 is 1.00 bits per heavy atom. The number of rotatable bonds is 5. The van der Waals surface area contributed by atoms with Crippen molar-refractivity contribution in [2.24, 2.45) is 5.92 Å². The summed E-state index contributed by atoms with van der Waals surface area (Å²) in [5.41, 5.74) is 5.16. The van der Waals surface area contributed by atoms with Gasteiger partial charge in [-0.05, 0) is 61.3 Å². The van der Waals surface area contributed by atoms with Gasteiger partial charge in [0.1, 0.15) is 0 Å². The molecule has 0 bridgehead atoms. The van der Waals surface area contributed by atoms with Crippen molar-refractivity contribution in [3.05, 3.63) is 70.3 Å². The van der Waals surface area contributed by atoms with E-state index in [2.05, 4.69) is 32.0 Å². The maximum absolute atomic E-state index is 12.7. The Morgan fingerprint density at radius 2 is 1.61 bits per heavy atom. The van der Waals surface area contributed by atoms with E-state index in [-0.39, 0.29) is 11.5 Å². The maximum Gasteiger partial charge on any atom is 0.167 e. The summed E-state index contributed by atoms with van der Waals surface area (Å²) in [7, 11) is -3.23. The third-order valence-corrected chi connectivity index (χ3v) is 8.60. The van der Waals surface area contributed by atoms with Crippen LogP contribution in [0, 0.1) is 5.92 Å². The molecule has 150 valence electrons. The Hall–Kier alpha value is -1.94. The van der Waals surface area contributed by atoms with E-state index in [1.54, 1.807) is 45.0 Å². The first-order chi connectivity index (χ1) is 13.0. The lowest BCUT2D eigenvalue weighted by Gasteiger charge is -2.19. The van der Waals surface area contributed by atoms with Gasteiger partial charge in [0.15, 0.2) is 15.6 Å². The lowest BCUT2D eigenvalue weighted by molar-refractivity contribution is 0.0993. The summed E-state index contributed by atoms with van der Waals surface area (Å²) < 4.78 is 23.9. The molecular formula is C24H30O3S. The number of fused-ring (bicyclic) bond motifs is 1. The summed E-state index contributed by atoms with van der Waals surface area (Å²) >= 11 is 0. The van der Waals surface area contributed by atoms with Crippen molar-refractivity contribution < 1.29 is 13.2 Å². The Labute approximate surface area is 169 Å². The molecule has 0 aliphatic heterocycles. The molecule has 0 saturated carbocycles. The van der Waals surface area contributed by atoms with Crippen molar-refractivity contribution in [3.63, 3.8) is 0 Å². The van der Waals surface area contributed by atoms with E-state index < -0.39 is 14.6 Å². The van der Waals surface area contributed by atoms with E-state index in [0.717, 1.165) is 12.0 Å². The zero-order valence-electron chi connectivity index (χ0n) is 17.5. The predicted octanol–water partition coefficient (Wildman–Crippen LogP) is 5.12. The van der Waals surface area contributed by atoms with E-state index in [9.17, 15) is 13.2 Å². The first kappa shape index (κ1) is 20.8. The van der Waals surface area contributed by atoms with Crippen LogP contribution in [0.15, 0.2) is 42.5 Å². The van der Waals surface area contributed by atoms with Gasteiger partial charge in [0.05, 0.1) is 10.5 Å². The van der Waals surface area contributed by atoms with Crippen LogP contribution in [-0.4, -0.2) is 18.9 Å². The van der Waals surface area contributed by atoms with E-state index in [0.29, 0.717) is 29.4 Å². The first-order valence-corrected chi connectivity index (χ1v) is 11.6. The second kappa shape index (κ2) is 7.47. The standard InChI is InChI=1S/C24H30O3S/c1-16-12-21-13-19(8-11-22(21)17(16)2)14-23(25)20-9-6-18(7-10-20)15-28(26,27)24(3,4)5/h6-11,13,16-17H,12,14-15H2,1-5H3. The van der Waals surface area contributed by atoms with Gasteiger partial charge in [-0.3, -0.25) is 4.79 Å². The molecule has 0 N–H and O–H groups in total. The fraction of sp³-hybridized carbons (Fsp3) is 0.458. The van der Waals surface area contributed by atoms with Crippen LogP contribution in [0.25, 0.3) is 0 Å². The van der Waals surface area contributed by atoms with Gasteiger partial charge >= 0.3 is 0 Å². The fourth-order valence-electron chi connectivity index (χ4n) is 3.73. The molecule has 2 aromatic carbocycles. The number of sulfone groups is 1. The summed E-state index contributed by atoms with van der Waals surface area (Å²) in [6.07, 6.45) is 1.45. The Kier molecular flexibility index (Phi) is 5.55. The van der Waals surface area contributed by atoms with Crippen LogP contribution in [-0.2, 0) is 28.4 Å². The minimum Gasteiger partial charge on any atom is -0.294 e. The van der Waals surface area contributed by atoms with Crippen LogP contribution in [0.4, 0.5) is 0 Å². The molecule has 2 atom stereocenters. The second-order valence-electron chi connectivity index (χ2n) is 9.17. The van der Waals surface area contributed by atoms with Gasteiger partial charge < -0.3 is 0 Å². The van der Waals surface area contributed by atoms with Gasteiger partial charge in [0.2, 0.25) is 0 Å². The van der Waals surface area contributed by atoms with Crippen molar-refractivity contribution in [2.45, 2.75) is 63.9 Å². The van der Waals surface area contributed by atoms with Crippen LogP contribution in [0.2, 0.25) is 0 Å². The highest BCUT2D eigenvalue weighted by atomic mass is 32.2. The zero-order valence-corrected chi connectivity index (χ0v) is 18.3. The Balaban J connectivity index is 1.70. The molecule has 0 heterocycles. The lowest BCUT2D eigenvalue weighted by atomic mass is 9.95. The van der Waals surface area contributed by atoms with Crippen molar-refractivity contribution in [3.8, 4) is 0 Å². The summed E-state index contributed by atoms with van der Waals surface area (Å²) in [5.74, 6) is 1.28. The molecule has 1 aliphatic carbocycles. The molecule has 0 radical (unpaired) electrons. The average molecular weight is 399 g/mol. The number of hydrogen-bond acceptors (Lipinski definition) is 3. The topological polar surface area (TPSA) is 51.2 Å². The molecule has 1 aliphatic rings. The molecule has 0 aromatic heterocycles. The van der Waals surface area contributed by atoms with E-state index in [1.165, 1.54) is 11.1 Å².